The van der Waals surface area contributed by atoms with Crippen molar-refractivity contribution in [2.45, 2.75) is 39.2 Å². The molecule has 0 spiro atoms. The predicted octanol–water partition coefficient (Wildman–Crippen LogP) is 2.34. The Balaban J connectivity index is 2.10. The molecule has 1 N–H and O–H groups in total. The van der Waals surface area contributed by atoms with E-state index in [0.29, 0.717) is 6.04 Å². The van der Waals surface area contributed by atoms with Crippen LogP contribution in [0.3, 0.4) is 0 Å². The van der Waals surface area contributed by atoms with Crippen molar-refractivity contribution in [2.75, 3.05) is 6.54 Å². The fourth-order valence-corrected chi connectivity index (χ4v) is 2.38. The van der Waals surface area contributed by atoms with Gasteiger partial charge < -0.3 is 5.32 Å². The summed E-state index contributed by atoms with van der Waals surface area (Å²) < 4.78 is 0. The van der Waals surface area contributed by atoms with Crippen LogP contribution in [-0.2, 0) is 0 Å². The van der Waals surface area contributed by atoms with Crippen molar-refractivity contribution >= 4 is 0 Å². The summed E-state index contributed by atoms with van der Waals surface area (Å²) >= 11 is 0. The Kier molecular flexibility index (Phi) is 2.22. The highest BCUT2D eigenvalue weighted by Gasteiger charge is 2.26. The normalized spacial score (nSPS) is 35.1. The summed E-state index contributed by atoms with van der Waals surface area (Å²) in [6.07, 6.45) is 6.63. The van der Waals surface area contributed by atoms with E-state index in [1.165, 1.54) is 25.8 Å². The number of allylic oxidation sites excluding steroid dienone is 1. The van der Waals surface area contributed by atoms with Gasteiger partial charge in [0.05, 0.1) is 0 Å². The van der Waals surface area contributed by atoms with Crippen LogP contribution < -0.4 is 5.32 Å². The van der Waals surface area contributed by atoms with E-state index < -0.39 is 0 Å². The molecule has 0 radical (unpaired) electrons. The highest BCUT2D eigenvalue weighted by Crippen LogP contribution is 2.30. The third kappa shape index (κ3) is 1.56. The van der Waals surface area contributed by atoms with Gasteiger partial charge in [0.15, 0.2) is 0 Å². The van der Waals surface area contributed by atoms with Crippen molar-refractivity contribution in [2.24, 2.45) is 11.8 Å². The smallest absolute Gasteiger partial charge is 0.0255 e. The number of fused-ring (bicyclic) bond motifs is 2. The van der Waals surface area contributed by atoms with Crippen molar-refractivity contribution in [3.8, 4) is 0 Å². The molecule has 1 aliphatic heterocycles. The number of hydrogen-bond acceptors (Lipinski definition) is 1. The first kappa shape index (κ1) is 8.31. The van der Waals surface area contributed by atoms with Gasteiger partial charge in [-0.3, -0.25) is 0 Å². The lowest BCUT2D eigenvalue weighted by molar-refractivity contribution is 0.521. The van der Waals surface area contributed by atoms with Gasteiger partial charge in [0, 0.05) is 6.04 Å². The zero-order valence-electron chi connectivity index (χ0n) is 8.14. The molecule has 1 fully saturated rings. The molecular formula is C11H19N. The van der Waals surface area contributed by atoms with Gasteiger partial charge in [0.25, 0.3) is 0 Å². The van der Waals surface area contributed by atoms with Gasteiger partial charge in [0.1, 0.15) is 0 Å². The van der Waals surface area contributed by atoms with Crippen molar-refractivity contribution < 1.29 is 0 Å². The van der Waals surface area contributed by atoms with Gasteiger partial charge in [-0.25, -0.2) is 0 Å². The highest BCUT2D eigenvalue weighted by molar-refractivity contribution is 5.14. The Morgan fingerprint density at radius 1 is 1.50 bits per heavy atom. The molecule has 2 aliphatic rings. The largest absolute Gasteiger partial charge is 0.310 e. The summed E-state index contributed by atoms with van der Waals surface area (Å²) in [4.78, 5) is 0. The predicted molar refractivity (Wildman–Crippen MR) is 52.1 cm³/mol. The minimum atomic E-state index is 0.704. The molecule has 1 saturated heterocycles. The van der Waals surface area contributed by atoms with E-state index in [1.54, 1.807) is 5.57 Å². The molecule has 0 amide bonds. The molecule has 2 atom stereocenters. The van der Waals surface area contributed by atoms with Crippen LogP contribution in [0.4, 0.5) is 0 Å². The molecule has 0 aromatic heterocycles. The molecular weight excluding hydrogens is 146 g/mol. The van der Waals surface area contributed by atoms with Crippen LogP contribution in [0.15, 0.2) is 11.6 Å². The summed E-state index contributed by atoms with van der Waals surface area (Å²) in [5.41, 5.74) is 1.68. The Hall–Kier alpha value is -0.300. The quantitative estimate of drug-likeness (QED) is 0.588. The minimum absolute atomic E-state index is 0.704. The third-order valence-corrected chi connectivity index (χ3v) is 3.25. The molecule has 1 heteroatoms. The van der Waals surface area contributed by atoms with E-state index in [4.69, 9.17) is 0 Å². The van der Waals surface area contributed by atoms with E-state index in [9.17, 15) is 0 Å². The maximum Gasteiger partial charge on any atom is 0.0255 e. The molecule has 68 valence electrons. The lowest BCUT2D eigenvalue weighted by atomic mass is 9.95. The molecule has 1 aliphatic carbocycles. The second-order valence-electron chi connectivity index (χ2n) is 4.55. The summed E-state index contributed by atoms with van der Waals surface area (Å²) in [7, 11) is 0. The molecule has 2 rings (SSSR count). The number of rotatable bonds is 1. The van der Waals surface area contributed by atoms with Gasteiger partial charge in [-0.15, -0.1) is 0 Å². The van der Waals surface area contributed by atoms with Gasteiger partial charge >= 0.3 is 0 Å². The fraction of sp³-hybridized carbons (Fsp3) is 0.818. The average molecular weight is 165 g/mol. The first-order valence-corrected chi connectivity index (χ1v) is 5.19. The lowest BCUT2D eigenvalue weighted by Crippen LogP contribution is -2.21. The molecule has 2 bridgehead atoms. The van der Waals surface area contributed by atoms with E-state index >= 15 is 0 Å². The Labute approximate surface area is 75.2 Å². The standard InChI is InChI=1S/C11H19N/c1-8(2)10-4-3-9-5-11(6-10)12-7-9/h6,8-9,11-12H,3-5,7H2,1-2H3. The SMILES string of the molecule is CC(C)C1=CC2CC(CC1)CN2. The topological polar surface area (TPSA) is 12.0 Å². The van der Waals surface area contributed by atoms with Gasteiger partial charge in [-0.2, -0.15) is 0 Å². The van der Waals surface area contributed by atoms with Crippen molar-refractivity contribution in [1.82, 2.24) is 5.32 Å². The first-order valence-electron chi connectivity index (χ1n) is 5.19. The number of hydrogen-bond donors (Lipinski definition) is 1. The zero-order chi connectivity index (χ0) is 8.55. The van der Waals surface area contributed by atoms with Crippen LogP contribution in [-0.4, -0.2) is 12.6 Å². The Morgan fingerprint density at radius 2 is 2.33 bits per heavy atom. The highest BCUT2D eigenvalue weighted by atomic mass is 14.9. The first-order chi connectivity index (χ1) is 5.75. The number of nitrogens with one attached hydrogen (secondary N) is 1. The summed E-state index contributed by atoms with van der Waals surface area (Å²) in [6.45, 7) is 5.88. The second-order valence-corrected chi connectivity index (χ2v) is 4.55. The van der Waals surface area contributed by atoms with Gasteiger partial charge in [-0.05, 0) is 37.6 Å². The van der Waals surface area contributed by atoms with Gasteiger partial charge in [0.2, 0.25) is 0 Å². The van der Waals surface area contributed by atoms with Crippen LogP contribution in [0, 0.1) is 11.8 Å². The molecule has 0 aromatic carbocycles. The molecule has 0 saturated carbocycles. The Morgan fingerprint density at radius 3 is 3.08 bits per heavy atom. The Bertz CT molecular complexity index is 193. The van der Waals surface area contributed by atoms with E-state index in [2.05, 4.69) is 25.2 Å². The van der Waals surface area contributed by atoms with Gasteiger partial charge in [-0.1, -0.05) is 25.5 Å². The summed E-state index contributed by atoms with van der Waals surface area (Å²) in [6, 6.07) is 0.704. The molecule has 2 unspecified atom stereocenters. The fourth-order valence-electron chi connectivity index (χ4n) is 2.38. The molecule has 1 nitrogen and oxygen atoms in total. The molecule has 12 heavy (non-hydrogen) atoms. The average Bonchev–Trinajstić information content (AvgIpc) is 2.29. The minimum Gasteiger partial charge on any atom is -0.310 e. The van der Waals surface area contributed by atoms with Crippen LogP contribution >= 0.6 is 0 Å². The van der Waals surface area contributed by atoms with E-state index in [1.807, 2.05) is 0 Å². The molecule has 0 aromatic rings. The monoisotopic (exact) mass is 165 g/mol. The summed E-state index contributed by atoms with van der Waals surface area (Å²) in [5.74, 6) is 1.72. The maximum atomic E-state index is 3.57. The maximum absolute atomic E-state index is 3.57. The third-order valence-electron chi connectivity index (χ3n) is 3.25. The zero-order valence-corrected chi connectivity index (χ0v) is 8.14. The molecule has 1 heterocycles. The van der Waals surface area contributed by atoms with Crippen LogP contribution in [0.1, 0.15) is 33.1 Å². The lowest BCUT2D eigenvalue weighted by Gasteiger charge is -2.14. The van der Waals surface area contributed by atoms with Crippen LogP contribution in [0.25, 0.3) is 0 Å². The second kappa shape index (κ2) is 3.21. The van der Waals surface area contributed by atoms with Crippen LogP contribution in [0.2, 0.25) is 0 Å². The van der Waals surface area contributed by atoms with Crippen molar-refractivity contribution in [3.05, 3.63) is 11.6 Å². The van der Waals surface area contributed by atoms with E-state index in [-0.39, 0.29) is 0 Å². The van der Waals surface area contributed by atoms with Crippen molar-refractivity contribution in [3.63, 3.8) is 0 Å². The van der Waals surface area contributed by atoms with Crippen molar-refractivity contribution in [1.29, 1.82) is 0 Å². The summed E-state index contributed by atoms with van der Waals surface area (Å²) in [5, 5.41) is 3.57. The van der Waals surface area contributed by atoms with E-state index in [0.717, 1.165) is 11.8 Å². The van der Waals surface area contributed by atoms with Crippen LogP contribution in [0.5, 0.6) is 0 Å².